The highest BCUT2D eigenvalue weighted by molar-refractivity contribution is 6.30. The molecule has 0 radical (unpaired) electrons. The fraction of sp³-hybridized carbons (Fsp3) is 0.0476. The van der Waals surface area contributed by atoms with Crippen LogP contribution in [0.2, 0.25) is 5.02 Å². The summed E-state index contributed by atoms with van der Waals surface area (Å²) in [5, 5.41) is 3.74. The van der Waals surface area contributed by atoms with E-state index in [1.807, 2.05) is 12.1 Å². The van der Waals surface area contributed by atoms with Crippen LogP contribution >= 0.6 is 11.6 Å². The monoisotopic (exact) mass is 378 g/mol. The lowest BCUT2D eigenvalue weighted by Crippen LogP contribution is -2.34. The van der Waals surface area contributed by atoms with Crippen molar-refractivity contribution in [3.05, 3.63) is 88.9 Å². The Morgan fingerprint density at radius 1 is 0.778 bits per heavy atom. The molecule has 0 unspecified atom stereocenters. The number of rotatable bonds is 5. The first-order chi connectivity index (χ1) is 13.1. The van der Waals surface area contributed by atoms with Crippen LogP contribution in [-0.2, 0) is 0 Å². The third-order valence-electron chi connectivity index (χ3n) is 4.22. The van der Waals surface area contributed by atoms with E-state index < -0.39 is 0 Å². The van der Waals surface area contributed by atoms with E-state index in [0.29, 0.717) is 27.6 Å². The number of nitrogens with zero attached hydrogens (tertiary/aromatic N) is 1. The summed E-state index contributed by atoms with van der Waals surface area (Å²) in [4.78, 5) is 25.9. The van der Waals surface area contributed by atoms with Crippen LogP contribution < -0.4 is 10.1 Å². The Morgan fingerprint density at radius 3 is 1.85 bits per heavy atom. The van der Waals surface area contributed by atoms with Gasteiger partial charge in [-0.05, 0) is 60.7 Å². The number of anilines is 1. The first-order valence-electron chi connectivity index (χ1n) is 8.34. The predicted molar refractivity (Wildman–Crippen MR) is 103 cm³/mol. The van der Waals surface area contributed by atoms with Crippen molar-refractivity contribution in [2.45, 2.75) is 0 Å². The van der Waals surface area contributed by atoms with Crippen LogP contribution in [0.1, 0.15) is 20.7 Å². The van der Waals surface area contributed by atoms with Crippen LogP contribution in [0.15, 0.2) is 72.8 Å². The van der Waals surface area contributed by atoms with Gasteiger partial charge < -0.3 is 10.1 Å². The first-order valence-corrected chi connectivity index (χ1v) is 8.72. The summed E-state index contributed by atoms with van der Waals surface area (Å²) in [5.74, 6) is 0.784. The predicted octanol–water partition coefficient (Wildman–Crippen LogP) is 4.80. The third kappa shape index (κ3) is 3.50. The Balaban J connectivity index is 1.39. The lowest BCUT2D eigenvalue weighted by molar-refractivity contribution is 0.0666. The quantitative estimate of drug-likeness (QED) is 0.648. The largest absolute Gasteiger partial charge is 0.457 e. The number of amides is 2. The molecule has 2 amide bonds. The molecule has 3 aromatic rings. The number of halogens is 1. The Kier molecular flexibility index (Phi) is 4.52. The highest BCUT2D eigenvalue weighted by atomic mass is 35.5. The number of imide groups is 1. The Labute approximate surface area is 161 Å². The van der Waals surface area contributed by atoms with Crippen molar-refractivity contribution < 1.29 is 14.3 Å². The highest BCUT2D eigenvalue weighted by Gasteiger charge is 2.34. The van der Waals surface area contributed by atoms with Crippen molar-refractivity contribution in [3.63, 3.8) is 0 Å². The lowest BCUT2D eigenvalue weighted by Gasteiger charge is -2.16. The molecule has 27 heavy (non-hydrogen) atoms. The van der Waals surface area contributed by atoms with Crippen molar-refractivity contribution >= 4 is 29.1 Å². The van der Waals surface area contributed by atoms with Gasteiger partial charge in [0.05, 0.1) is 17.8 Å². The fourth-order valence-corrected chi connectivity index (χ4v) is 2.96. The molecule has 5 nitrogen and oxygen atoms in total. The van der Waals surface area contributed by atoms with Gasteiger partial charge in [-0.1, -0.05) is 23.7 Å². The van der Waals surface area contributed by atoms with Gasteiger partial charge in [-0.15, -0.1) is 0 Å². The number of fused-ring (bicyclic) bond motifs is 1. The normalized spacial score (nSPS) is 12.9. The van der Waals surface area contributed by atoms with Gasteiger partial charge >= 0.3 is 0 Å². The molecule has 0 saturated heterocycles. The standard InChI is InChI=1S/C21H15ClN2O3/c22-14-5-9-16(10-6-14)27-17-11-7-15(8-12-17)23-13-24-20(25)18-3-1-2-4-19(18)21(24)26/h1-12,23H,13H2. The minimum atomic E-state index is -0.286. The van der Waals surface area contributed by atoms with Gasteiger partial charge in [0.15, 0.2) is 0 Å². The van der Waals surface area contributed by atoms with Crippen LogP contribution in [0.4, 0.5) is 5.69 Å². The number of hydrogen-bond acceptors (Lipinski definition) is 4. The minimum Gasteiger partial charge on any atom is -0.457 e. The number of nitrogens with one attached hydrogen (secondary N) is 1. The molecular weight excluding hydrogens is 364 g/mol. The average Bonchev–Trinajstić information content (AvgIpc) is 2.94. The van der Waals surface area contributed by atoms with Crippen LogP contribution in [0.3, 0.4) is 0 Å². The van der Waals surface area contributed by atoms with Gasteiger partial charge in [0.25, 0.3) is 11.8 Å². The Bertz CT molecular complexity index is 966. The second-order valence-electron chi connectivity index (χ2n) is 6.00. The SMILES string of the molecule is O=C1c2ccccc2C(=O)N1CNc1ccc(Oc2ccc(Cl)cc2)cc1. The molecule has 4 rings (SSSR count). The molecule has 0 atom stereocenters. The zero-order valence-electron chi connectivity index (χ0n) is 14.2. The number of carbonyl (C=O) groups excluding carboxylic acids is 2. The minimum absolute atomic E-state index is 0.101. The lowest BCUT2D eigenvalue weighted by atomic mass is 10.1. The number of benzene rings is 3. The third-order valence-corrected chi connectivity index (χ3v) is 4.48. The number of hydrogen-bond donors (Lipinski definition) is 1. The van der Waals surface area contributed by atoms with Crippen molar-refractivity contribution in [1.82, 2.24) is 4.90 Å². The van der Waals surface area contributed by atoms with Crippen molar-refractivity contribution in [1.29, 1.82) is 0 Å². The Hall–Kier alpha value is -3.31. The second-order valence-corrected chi connectivity index (χ2v) is 6.44. The molecule has 3 aromatic carbocycles. The summed E-state index contributed by atoms with van der Waals surface area (Å²) in [6.45, 7) is 0.101. The van der Waals surface area contributed by atoms with Gasteiger partial charge in [-0.3, -0.25) is 14.5 Å². The molecule has 0 aromatic heterocycles. The van der Waals surface area contributed by atoms with Crippen LogP contribution in [0, 0.1) is 0 Å². The molecule has 0 fully saturated rings. The van der Waals surface area contributed by atoms with Crippen LogP contribution in [-0.4, -0.2) is 23.4 Å². The maximum atomic E-state index is 12.3. The van der Waals surface area contributed by atoms with E-state index in [1.54, 1.807) is 60.7 Å². The number of carbonyl (C=O) groups is 2. The molecule has 1 aliphatic rings. The zero-order valence-corrected chi connectivity index (χ0v) is 14.9. The summed E-state index contributed by atoms with van der Waals surface area (Å²) < 4.78 is 5.74. The maximum absolute atomic E-state index is 12.3. The van der Waals surface area contributed by atoms with E-state index in [4.69, 9.17) is 16.3 Å². The van der Waals surface area contributed by atoms with Crippen LogP contribution in [0.25, 0.3) is 0 Å². The van der Waals surface area contributed by atoms with Gasteiger partial charge in [-0.25, -0.2) is 0 Å². The van der Waals surface area contributed by atoms with Gasteiger partial charge in [0.2, 0.25) is 0 Å². The molecule has 0 saturated carbocycles. The molecule has 0 spiro atoms. The molecule has 1 aliphatic heterocycles. The van der Waals surface area contributed by atoms with Crippen molar-refractivity contribution in [3.8, 4) is 11.5 Å². The summed E-state index contributed by atoms with van der Waals surface area (Å²) >= 11 is 5.86. The summed E-state index contributed by atoms with van der Waals surface area (Å²) in [6.07, 6.45) is 0. The second kappa shape index (κ2) is 7.13. The first kappa shape index (κ1) is 17.1. The van der Waals surface area contributed by atoms with E-state index in [2.05, 4.69) is 5.32 Å². The van der Waals surface area contributed by atoms with Gasteiger partial charge in [-0.2, -0.15) is 0 Å². The van der Waals surface area contributed by atoms with Crippen molar-refractivity contribution in [2.24, 2.45) is 0 Å². The highest BCUT2D eigenvalue weighted by Crippen LogP contribution is 2.25. The smallest absolute Gasteiger partial charge is 0.263 e. The molecule has 0 aliphatic carbocycles. The maximum Gasteiger partial charge on any atom is 0.263 e. The van der Waals surface area contributed by atoms with Gasteiger partial charge in [0, 0.05) is 10.7 Å². The summed E-state index contributed by atoms with van der Waals surface area (Å²) in [5.41, 5.74) is 1.65. The van der Waals surface area contributed by atoms with E-state index in [-0.39, 0.29) is 18.5 Å². The molecule has 134 valence electrons. The van der Waals surface area contributed by atoms with E-state index in [1.165, 1.54) is 4.90 Å². The van der Waals surface area contributed by atoms with E-state index >= 15 is 0 Å². The molecule has 0 bridgehead atoms. The number of ether oxygens (including phenoxy) is 1. The zero-order chi connectivity index (χ0) is 18.8. The van der Waals surface area contributed by atoms with Gasteiger partial charge in [0.1, 0.15) is 11.5 Å². The topological polar surface area (TPSA) is 58.6 Å². The van der Waals surface area contributed by atoms with E-state index in [0.717, 1.165) is 5.69 Å². The van der Waals surface area contributed by atoms with E-state index in [9.17, 15) is 9.59 Å². The summed E-state index contributed by atoms with van der Waals surface area (Å²) in [6, 6.07) is 21.2. The summed E-state index contributed by atoms with van der Waals surface area (Å²) in [7, 11) is 0. The van der Waals surface area contributed by atoms with Crippen molar-refractivity contribution in [2.75, 3.05) is 12.0 Å². The molecule has 6 heteroatoms. The molecular formula is C21H15ClN2O3. The molecule has 1 heterocycles. The molecule has 1 N–H and O–H groups in total. The average molecular weight is 379 g/mol. The fourth-order valence-electron chi connectivity index (χ4n) is 2.83. The Morgan fingerprint density at radius 2 is 1.30 bits per heavy atom. The van der Waals surface area contributed by atoms with Crippen LogP contribution in [0.5, 0.6) is 11.5 Å².